The number of hydrogen-bond donors (Lipinski definition) is 2. The highest BCUT2D eigenvalue weighted by molar-refractivity contribution is 6.07. The second-order valence-corrected chi connectivity index (χ2v) is 7.93. The van der Waals surface area contributed by atoms with E-state index in [2.05, 4.69) is 10.3 Å². The zero-order valence-corrected chi connectivity index (χ0v) is 16.0. The first kappa shape index (κ1) is 18.0. The molecule has 7 nitrogen and oxygen atoms in total. The number of furan rings is 1. The minimum absolute atomic E-state index is 0.0212. The summed E-state index contributed by atoms with van der Waals surface area (Å²) in [5.41, 5.74) is 1.98. The minimum Gasteiger partial charge on any atom is -0.455 e. The smallest absolute Gasteiger partial charge is 0.330 e. The van der Waals surface area contributed by atoms with Crippen molar-refractivity contribution in [1.29, 1.82) is 0 Å². The molecular weight excluding hydrogens is 358 g/mol. The lowest BCUT2D eigenvalue weighted by Gasteiger charge is -2.27. The number of benzene rings is 1. The second kappa shape index (κ2) is 6.37. The predicted octanol–water partition coefficient (Wildman–Crippen LogP) is 3.47. The summed E-state index contributed by atoms with van der Waals surface area (Å²) in [6.45, 7) is 5.78. The van der Waals surface area contributed by atoms with Crippen LogP contribution in [-0.2, 0) is 6.42 Å². The average molecular weight is 379 g/mol. The number of aromatic nitrogens is 2. The Morgan fingerprint density at radius 1 is 1.18 bits per heavy atom. The molecule has 7 heteroatoms. The summed E-state index contributed by atoms with van der Waals surface area (Å²) in [7, 11) is 0. The van der Waals surface area contributed by atoms with Crippen molar-refractivity contribution in [3.63, 3.8) is 0 Å². The number of hydrogen-bond acceptors (Lipinski definition) is 4. The second-order valence-electron chi connectivity index (χ2n) is 7.93. The number of amides is 1. The van der Waals surface area contributed by atoms with Gasteiger partial charge in [-0.15, -0.1) is 0 Å². The molecule has 4 rings (SSSR count). The molecule has 0 aliphatic heterocycles. The van der Waals surface area contributed by atoms with Crippen LogP contribution in [0.4, 0.5) is 5.69 Å². The van der Waals surface area contributed by atoms with E-state index in [1.807, 2.05) is 13.8 Å². The van der Waals surface area contributed by atoms with Crippen molar-refractivity contribution < 1.29 is 14.0 Å². The van der Waals surface area contributed by atoms with Gasteiger partial charge in [0, 0.05) is 36.5 Å². The van der Waals surface area contributed by atoms with Gasteiger partial charge >= 0.3 is 5.69 Å². The van der Waals surface area contributed by atoms with Crippen molar-refractivity contribution in [1.82, 2.24) is 9.55 Å². The Bertz CT molecular complexity index is 1130. The maximum Gasteiger partial charge on any atom is 0.330 e. The molecule has 0 saturated heterocycles. The maximum atomic E-state index is 12.7. The lowest BCUT2D eigenvalue weighted by atomic mass is 9.76. The molecule has 1 aliphatic rings. The van der Waals surface area contributed by atoms with Gasteiger partial charge in [-0.2, -0.15) is 0 Å². The molecule has 1 amide bonds. The molecule has 0 fully saturated rings. The van der Waals surface area contributed by atoms with Crippen LogP contribution in [0.5, 0.6) is 0 Å². The van der Waals surface area contributed by atoms with Crippen LogP contribution in [0, 0.1) is 12.3 Å². The number of rotatable bonds is 3. The number of carbonyl (C=O) groups excluding carboxylic acids is 2. The zero-order chi connectivity index (χ0) is 20.1. The van der Waals surface area contributed by atoms with Gasteiger partial charge in [0.05, 0.1) is 11.3 Å². The van der Waals surface area contributed by atoms with Gasteiger partial charge in [0.1, 0.15) is 5.76 Å². The largest absolute Gasteiger partial charge is 0.455 e. The molecule has 144 valence electrons. The third kappa shape index (κ3) is 3.09. The van der Waals surface area contributed by atoms with E-state index in [0.29, 0.717) is 41.1 Å². The molecule has 0 radical (unpaired) electrons. The molecule has 28 heavy (non-hydrogen) atoms. The first-order chi connectivity index (χ1) is 13.2. The van der Waals surface area contributed by atoms with Crippen molar-refractivity contribution in [3.05, 3.63) is 69.8 Å². The highest BCUT2D eigenvalue weighted by Gasteiger charge is 2.37. The SMILES string of the molecule is Cc1c(C(=O)Nc2ccc(-n3cc[nH]c3=O)cc2)oc2c1C(=O)CC(C)(C)C2. The van der Waals surface area contributed by atoms with E-state index < -0.39 is 5.91 Å². The Kier molecular flexibility index (Phi) is 4.10. The fourth-order valence-electron chi connectivity index (χ4n) is 3.72. The molecule has 2 aromatic heterocycles. The Balaban J connectivity index is 1.57. The Morgan fingerprint density at radius 3 is 2.54 bits per heavy atom. The van der Waals surface area contributed by atoms with Crippen molar-refractivity contribution in [2.24, 2.45) is 5.41 Å². The van der Waals surface area contributed by atoms with Crippen LogP contribution in [-0.4, -0.2) is 21.2 Å². The molecule has 2 N–H and O–H groups in total. The van der Waals surface area contributed by atoms with Crippen molar-refractivity contribution in [2.45, 2.75) is 33.6 Å². The number of aromatic amines is 1. The third-order valence-electron chi connectivity index (χ3n) is 5.04. The van der Waals surface area contributed by atoms with E-state index in [1.54, 1.807) is 43.6 Å². The molecular formula is C21H21N3O4. The van der Waals surface area contributed by atoms with Gasteiger partial charge in [0.2, 0.25) is 0 Å². The summed E-state index contributed by atoms with van der Waals surface area (Å²) in [5.74, 6) is 0.380. The number of anilines is 1. The van der Waals surface area contributed by atoms with Crippen molar-refractivity contribution in [2.75, 3.05) is 5.32 Å². The first-order valence-electron chi connectivity index (χ1n) is 9.08. The van der Waals surface area contributed by atoms with Gasteiger partial charge in [-0.25, -0.2) is 4.79 Å². The summed E-state index contributed by atoms with van der Waals surface area (Å²) >= 11 is 0. The van der Waals surface area contributed by atoms with E-state index in [-0.39, 0.29) is 22.6 Å². The quantitative estimate of drug-likeness (QED) is 0.728. The molecule has 0 bridgehead atoms. The van der Waals surface area contributed by atoms with Crippen LogP contribution in [0.1, 0.15) is 52.5 Å². The summed E-state index contributed by atoms with van der Waals surface area (Å²) < 4.78 is 7.25. The van der Waals surface area contributed by atoms with E-state index in [9.17, 15) is 14.4 Å². The summed E-state index contributed by atoms with van der Waals surface area (Å²) in [6, 6.07) is 6.88. The summed E-state index contributed by atoms with van der Waals surface area (Å²) in [6.07, 6.45) is 4.26. The van der Waals surface area contributed by atoms with Crippen LogP contribution in [0.2, 0.25) is 0 Å². The number of Topliss-reactive ketones (excluding diaryl/α,β-unsaturated/α-hetero) is 1. The topological polar surface area (TPSA) is 97.1 Å². The fraction of sp³-hybridized carbons (Fsp3) is 0.286. The molecule has 3 aromatic rings. The normalized spacial score (nSPS) is 15.3. The Hall–Kier alpha value is -3.35. The summed E-state index contributed by atoms with van der Waals surface area (Å²) in [5, 5.41) is 2.79. The fourth-order valence-corrected chi connectivity index (χ4v) is 3.72. The Labute approximate surface area is 161 Å². The summed E-state index contributed by atoms with van der Waals surface area (Å²) in [4.78, 5) is 39.4. The number of imidazole rings is 1. The minimum atomic E-state index is -0.399. The van der Waals surface area contributed by atoms with E-state index in [0.717, 1.165) is 0 Å². The van der Waals surface area contributed by atoms with E-state index >= 15 is 0 Å². The molecule has 0 atom stereocenters. The van der Waals surface area contributed by atoms with Gasteiger partial charge in [-0.3, -0.25) is 14.2 Å². The van der Waals surface area contributed by atoms with Gasteiger partial charge in [0.15, 0.2) is 11.5 Å². The standard InChI is InChI=1S/C21H21N3O4/c1-12-17-15(25)10-21(2,3)11-16(17)28-18(12)19(26)23-13-4-6-14(7-5-13)24-9-8-22-20(24)27/h4-9H,10-11H2,1-3H3,(H,22,27)(H,23,26). The monoisotopic (exact) mass is 379 g/mol. The number of nitrogens with zero attached hydrogens (tertiary/aromatic N) is 1. The molecule has 0 spiro atoms. The third-order valence-corrected chi connectivity index (χ3v) is 5.04. The van der Waals surface area contributed by atoms with Crippen LogP contribution < -0.4 is 11.0 Å². The average Bonchev–Trinajstić information content (AvgIpc) is 3.18. The lowest BCUT2D eigenvalue weighted by molar-refractivity contribution is 0.0898. The molecule has 2 heterocycles. The number of ketones is 1. The highest BCUT2D eigenvalue weighted by atomic mass is 16.4. The van der Waals surface area contributed by atoms with Gasteiger partial charge in [-0.05, 0) is 36.6 Å². The van der Waals surface area contributed by atoms with Crippen molar-refractivity contribution >= 4 is 17.4 Å². The van der Waals surface area contributed by atoms with E-state index in [4.69, 9.17) is 4.42 Å². The maximum absolute atomic E-state index is 12.7. The number of nitrogens with one attached hydrogen (secondary N) is 2. The van der Waals surface area contributed by atoms with Gasteiger partial charge in [-0.1, -0.05) is 13.8 Å². The van der Waals surface area contributed by atoms with Crippen LogP contribution in [0.25, 0.3) is 5.69 Å². The zero-order valence-electron chi connectivity index (χ0n) is 16.0. The molecule has 1 aromatic carbocycles. The number of H-pyrrole nitrogens is 1. The van der Waals surface area contributed by atoms with Crippen LogP contribution >= 0.6 is 0 Å². The van der Waals surface area contributed by atoms with E-state index in [1.165, 1.54) is 4.57 Å². The molecule has 0 saturated carbocycles. The first-order valence-corrected chi connectivity index (χ1v) is 9.08. The number of fused-ring (bicyclic) bond motifs is 1. The molecule has 1 aliphatic carbocycles. The number of carbonyl (C=O) groups is 2. The predicted molar refractivity (Wildman–Crippen MR) is 104 cm³/mol. The van der Waals surface area contributed by atoms with Crippen LogP contribution in [0.15, 0.2) is 45.9 Å². The van der Waals surface area contributed by atoms with Crippen LogP contribution in [0.3, 0.4) is 0 Å². The Morgan fingerprint density at radius 2 is 1.89 bits per heavy atom. The van der Waals surface area contributed by atoms with Gasteiger partial charge in [0.25, 0.3) is 5.91 Å². The lowest BCUT2D eigenvalue weighted by Crippen LogP contribution is -2.26. The highest BCUT2D eigenvalue weighted by Crippen LogP contribution is 2.38. The van der Waals surface area contributed by atoms with Crippen molar-refractivity contribution in [3.8, 4) is 5.69 Å². The molecule has 0 unspecified atom stereocenters. The van der Waals surface area contributed by atoms with Gasteiger partial charge < -0.3 is 14.7 Å².